The molecule has 0 heterocycles. The number of nitrogens with zero attached hydrogens (tertiary/aromatic N) is 2. The molecule has 2 aromatic rings. The summed E-state index contributed by atoms with van der Waals surface area (Å²) < 4.78 is 44.0. The molecule has 0 aromatic heterocycles. The highest BCUT2D eigenvalue weighted by atomic mass is 19.4. The van der Waals surface area contributed by atoms with Gasteiger partial charge in [-0.05, 0) is 62.9 Å². The van der Waals surface area contributed by atoms with Gasteiger partial charge < -0.3 is 9.64 Å². The van der Waals surface area contributed by atoms with Gasteiger partial charge in [0.2, 0.25) is 0 Å². The average molecular weight is 435 g/mol. The molecule has 168 valence electrons. The van der Waals surface area contributed by atoms with Crippen LogP contribution in [0.4, 0.5) is 18.9 Å². The zero-order valence-corrected chi connectivity index (χ0v) is 18.6. The molecule has 0 fully saturated rings. The Hall–Kier alpha value is -2.83. The lowest BCUT2D eigenvalue weighted by Crippen LogP contribution is -2.16. The smallest absolute Gasteiger partial charge is 0.389 e. The predicted octanol–water partition coefficient (Wildman–Crippen LogP) is 6.46. The van der Waals surface area contributed by atoms with Crippen molar-refractivity contribution in [3.8, 4) is 0 Å². The summed E-state index contributed by atoms with van der Waals surface area (Å²) in [5, 5.41) is 0. The van der Waals surface area contributed by atoms with E-state index in [-0.39, 0.29) is 6.42 Å². The second-order valence-electron chi connectivity index (χ2n) is 7.73. The summed E-state index contributed by atoms with van der Waals surface area (Å²) in [7, 11) is 1.91. The number of hydrogen-bond donors (Lipinski definition) is 0. The van der Waals surface area contributed by atoms with Gasteiger partial charge in [0.25, 0.3) is 0 Å². The number of esters is 1. The van der Waals surface area contributed by atoms with E-state index in [0.29, 0.717) is 16.7 Å². The molecule has 0 aliphatic heterocycles. The largest absolute Gasteiger partial charge is 0.454 e. The molecule has 0 aliphatic rings. The second kappa shape index (κ2) is 10.5. The Kier molecular flexibility index (Phi) is 8.25. The summed E-state index contributed by atoms with van der Waals surface area (Å²) in [6, 6.07) is 10.4. The SMILES string of the molecule is CCN(C)C=Nc1cc(C)c(C(=O)OC(CCC(F)(F)F)c2ccc(C)cc2)cc1C. The van der Waals surface area contributed by atoms with Gasteiger partial charge in [-0.2, -0.15) is 13.2 Å². The molecule has 0 radical (unpaired) electrons. The number of aliphatic imine (C=N–C) groups is 1. The molecule has 1 unspecified atom stereocenters. The zero-order valence-electron chi connectivity index (χ0n) is 18.6. The standard InChI is InChI=1S/C24H29F3N2O2/c1-6-29(5)15-28-21-14-17(3)20(13-18(21)4)23(30)31-22(11-12-24(25,26)27)19-9-7-16(2)8-10-19/h7-10,13-15,22H,6,11-12H2,1-5H3. The van der Waals surface area contributed by atoms with Crippen LogP contribution in [0.25, 0.3) is 0 Å². The lowest BCUT2D eigenvalue weighted by Gasteiger charge is -2.20. The van der Waals surface area contributed by atoms with Gasteiger partial charge in [0.1, 0.15) is 6.10 Å². The van der Waals surface area contributed by atoms with E-state index in [2.05, 4.69) is 4.99 Å². The van der Waals surface area contributed by atoms with Crippen LogP contribution in [0.1, 0.15) is 58.5 Å². The molecule has 1 atom stereocenters. The van der Waals surface area contributed by atoms with E-state index in [1.54, 1.807) is 49.7 Å². The Morgan fingerprint density at radius 1 is 1.13 bits per heavy atom. The number of carbonyl (C=O) groups is 1. The van der Waals surface area contributed by atoms with Crippen LogP contribution < -0.4 is 0 Å². The summed E-state index contributed by atoms with van der Waals surface area (Å²) in [4.78, 5) is 19.2. The minimum absolute atomic E-state index is 0.324. The number of hydrogen-bond acceptors (Lipinski definition) is 3. The molecule has 31 heavy (non-hydrogen) atoms. The Labute approximate surface area is 181 Å². The molecule has 2 aromatic carbocycles. The van der Waals surface area contributed by atoms with E-state index in [0.717, 1.165) is 23.4 Å². The highest BCUT2D eigenvalue weighted by Crippen LogP contribution is 2.32. The number of ether oxygens (including phenoxy) is 1. The molecule has 0 spiro atoms. The third-order valence-electron chi connectivity index (χ3n) is 5.04. The average Bonchev–Trinajstić information content (AvgIpc) is 2.70. The fraction of sp³-hybridized carbons (Fsp3) is 0.417. The van der Waals surface area contributed by atoms with Gasteiger partial charge in [0.15, 0.2) is 0 Å². The first-order valence-electron chi connectivity index (χ1n) is 10.2. The minimum Gasteiger partial charge on any atom is -0.454 e. The van der Waals surface area contributed by atoms with Crippen LogP contribution in [0.2, 0.25) is 0 Å². The molecule has 0 amide bonds. The lowest BCUT2D eigenvalue weighted by molar-refractivity contribution is -0.140. The first-order chi connectivity index (χ1) is 14.5. The highest BCUT2D eigenvalue weighted by molar-refractivity contribution is 5.92. The van der Waals surface area contributed by atoms with Crippen molar-refractivity contribution >= 4 is 18.0 Å². The van der Waals surface area contributed by atoms with Crippen LogP contribution >= 0.6 is 0 Å². The molecule has 0 saturated heterocycles. The van der Waals surface area contributed by atoms with Crippen molar-refractivity contribution in [2.45, 2.75) is 52.8 Å². The van der Waals surface area contributed by atoms with E-state index in [9.17, 15) is 18.0 Å². The normalized spacial score (nSPS) is 12.8. The van der Waals surface area contributed by atoms with Crippen LogP contribution in [0.3, 0.4) is 0 Å². The van der Waals surface area contributed by atoms with Gasteiger partial charge in [-0.3, -0.25) is 0 Å². The first-order valence-corrected chi connectivity index (χ1v) is 10.2. The number of benzene rings is 2. The number of halogens is 3. The van der Waals surface area contributed by atoms with Crippen molar-refractivity contribution in [2.24, 2.45) is 4.99 Å². The van der Waals surface area contributed by atoms with Crippen molar-refractivity contribution < 1.29 is 22.7 Å². The third kappa shape index (κ3) is 7.42. The maximum Gasteiger partial charge on any atom is 0.389 e. The number of rotatable bonds is 8. The summed E-state index contributed by atoms with van der Waals surface area (Å²) >= 11 is 0. The molecular weight excluding hydrogens is 405 g/mol. The van der Waals surface area contributed by atoms with Crippen molar-refractivity contribution in [2.75, 3.05) is 13.6 Å². The van der Waals surface area contributed by atoms with Crippen LogP contribution in [-0.4, -0.2) is 37.0 Å². The molecule has 7 heteroatoms. The Morgan fingerprint density at radius 2 is 1.77 bits per heavy atom. The van der Waals surface area contributed by atoms with E-state index in [1.807, 2.05) is 32.7 Å². The number of aryl methyl sites for hydroxylation is 3. The summed E-state index contributed by atoms with van der Waals surface area (Å²) in [6.07, 6.45) is -4.96. The van der Waals surface area contributed by atoms with Gasteiger partial charge in [-0.25, -0.2) is 9.79 Å². The molecular formula is C24H29F3N2O2. The monoisotopic (exact) mass is 434 g/mol. The molecule has 0 saturated carbocycles. The van der Waals surface area contributed by atoms with Gasteiger partial charge in [-0.15, -0.1) is 0 Å². The van der Waals surface area contributed by atoms with Crippen LogP contribution in [0, 0.1) is 20.8 Å². The van der Waals surface area contributed by atoms with Gasteiger partial charge in [-0.1, -0.05) is 29.8 Å². The second-order valence-corrected chi connectivity index (χ2v) is 7.73. The Balaban J connectivity index is 2.26. The van der Waals surface area contributed by atoms with Crippen LogP contribution in [-0.2, 0) is 4.74 Å². The van der Waals surface area contributed by atoms with E-state index in [4.69, 9.17) is 4.74 Å². The lowest BCUT2D eigenvalue weighted by atomic mass is 10.0. The maximum absolute atomic E-state index is 12.9. The molecule has 0 bridgehead atoms. The van der Waals surface area contributed by atoms with Crippen molar-refractivity contribution in [1.82, 2.24) is 4.90 Å². The highest BCUT2D eigenvalue weighted by Gasteiger charge is 2.30. The van der Waals surface area contributed by atoms with E-state index in [1.165, 1.54) is 0 Å². The van der Waals surface area contributed by atoms with Gasteiger partial charge >= 0.3 is 12.1 Å². The minimum atomic E-state index is -4.33. The fourth-order valence-corrected chi connectivity index (χ4v) is 2.96. The van der Waals surface area contributed by atoms with Crippen molar-refractivity contribution in [3.63, 3.8) is 0 Å². The fourth-order valence-electron chi connectivity index (χ4n) is 2.96. The van der Waals surface area contributed by atoms with Crippen LogP contribution in [0.15, 0.2) is 41.4 Å². The van der Waals surface area contributed by atoms with Gasteiger partial charge in [0, 0.05) is 20.0 Å². The summed E-state index contributed by atoms with van der Waals surface area (Å²) in [6.45, 7) is 8.29. The summed E-state index contributed by atoms with van der Waals surface area (Å²) in [5.41, 5.74) is 3.99. The molecule has 2 rings (SSSR count). The van der Waals surface area contributed by atoms with Crippen LogP contribution in [0.5, 0.6) is 0 Å². The molecule has 0 N–H and O–H groups in total. The number of carbonyl (C=O) groups excluding carboxylic acids is 1. The number of alkyl halides is 3. The topological polar surface area (TPSA) is 41.9 Å². The van der Waals surface area contributed by atoms with E-state index < -0.39 is 24.7 Å². The van der Waals surface area contributed by atoms with E-state index >= 15 is 0 Å². The van der Waals surface area contributed by atoms with Gasteiger partial charge in [0.05, 0.1) is 17.6 Å². The maximum atomic E-state index is 12.9. The van der Waals surface area contributed by atoms with Crippen molar-refractivity contribution in [3.05, 3.63) is 64.2 Å². The molecule has 4 nitrogen and oxygen atoms in total. The third-order valence-corrected chi connectivity index (χ3v) is 5.04. The summed E-state index contributed by atoms with van der Waals surface area (Å²) in [5.74, 6) is -0.644. The Morgan fingerprint density at radius 3 is 2.35 bits per heavy atom. The predicted molar refractivity (Wildman–Crippen MR) is 117 cm³/mol. The zero-order chi connectivity index (χ0) is 23.2. The Bertz CT molecular complexity index is 922. The molecule has 0 aliphatic carbocycles. The first kappa shape index (κ1) is 24.4. The van der Waals surface area contributed by atoms with Crippen molar-refractivity contribution in [1.29, 1.82) is 0 Å². The quantitative estimate of drug-likeness (QED) is 0.272.